The molecule has 0 heterocycles. The predicted octanol–water partition coefficient (Wildman–Crippen LogP) is 3.57. The van der Waals surface area contributed by atoms with E-state index >= 15 is 0 Å². The lowest BCUT2D eigenvalue weighted by Crippen LogP contribution is -2.41. The van der Waals surface area contributed by atoms with Crippen LogP contribution in [0.15, 0.2) is 30.3 Å². The molecule has 1 unspecified atom stereocenters. The maximum atomic E-state index is 12.7. The number of sulfonamides is 1. The second-order valence-electron chi connectivity index (χ2n) is 7.53. The summed E-state index contributed by atoms with van der Waals surface area (Å²) in [7, 11) is -2.22. The van der Waals surface area contributed by atoms with E-state index < -0.39 is 10.0 Å². The molecule has 0 radical (unpaired) electrons. The number of nitrogens with zero attached hydrogens (tertiary/aromatic N) is 1. The number of aryl methyl sites for hydroxylation is 4. The highest BCUT2D eigenvalue weighted by Gasteiger charge is 2.25. The van der Waals surface area contributed by atoms with Crippen molar-refractivity contribution in [1.29, 1.82) is 0 Å². The number of benzene rings is 2. The SMILES string of the molecule is COc1ccc(C)cc1N(CC(=O)NC(C)c1cc(C)c(C)cc1C)S(C)(=O)=O. The predicted molar refractivity (Wildman–Crippen MR) is 117 cm³/mol. The molecule has 0 fully saturated rings. The molecular formula is C22H30N2O4S. The number of methoxy groups -OCH3 is 1. The highest BCUT2D eigenvalue weighted by Crippen LogP contribution is 2.31. The van der Waals surface area contributed by atoms with Gasteiger partial charge in [-0.1, -0.05) is 18.2 Å². The summed E-state index contributed by atoms with van der Waals surface area (Å²) in [4.78, 5) is 12.7. The van der Waals surface area contributed by atoms with Gasteiger partial charge in [0.15, 0.2) is 0 Å². The molecule has 0 aliphatic heterocycles. The van der Waals surface area contributed by atoms with Crippen molar-refractivity contribution in [3.8, 4) is 5.75 Å². The van der Waals surface area contributed by atoms with E-state index in [2.05, 4.69) is 24.4 Å². The average molecular weight is 419 g/mol. The number of ether oxygens (including phenoxy) is 1. The van der Waals surface area contributed by atoms with Crippen molar-refractivity contribution in [1.82, 2.24) is 5.32 Å². The Labute approximate surface area is 173 Å². The third-order valence-electron chi connectivity index (χ3n) is 5.02. The number of hydrogen-bond donors (Lipinski definition) is 1. The van der Waals surface area contributed by atoms with Gasteiger partial charge in [-0.15, -0.1) is 0 Å². The van der Waals surface area contributed by atoms with Gasteiger partial charge in [0, 0.05) is 0 Å². The zero-order valence-electron chi connectivity index (χ0n) is 18.2. The second kappa shape index (κ2) is 8.86. The van der Waals surface area contributed by atoms with Crippen LogP contribution in [0.5, 0.6) is 5.75 Å². The largest absolute Gasteiger partial charge is 0.495 e. The molecule has 29 heavy (non-hydrogen) atoms. The lowest BCUT2D eigenvalue weighted by molar-refractivity contribution is -0.120. The molecule has 0 saturated heterocycles. The number of amides is 1. The van der Waals surface area contributed by atoms with E-state index in [9.17, 15) is 13.2 Å². The van der Waals surface area contributed by atoms with E-state index in [1.807, 2.05) is 33.8 Å². The Morgan fingerprint density at radius 3 is 2.28 bits per heavy atom. The highest BCUT2D eigenvalue weighted by molar-refractivity contribution is 7.92. The van der Waals surface area contributed by atoms with Crippen LogP contribution >= 0.6 is 0 Å². The van der Waals surface area contributed by atoms with Crippen molar-refractivity contribution in [2.24, 2.45) is 0 Å². The number of rotatable bonds is 7. The van der Waals surface area contributed by atoms with Gasteiger partial charge in [-0.2, -0.15) is 0 Å². The summed E-state index contributed by atoms with van der Waals surface area (Å²) < 4.78 is 31.2. The summed E-state index contributed by atoms with van der Waals surface area (Å²) in [6, 6.07) is 9.13. The monoisotopic (exact) mass is 418 g/mol. The van der Waals surface area contributed by atoms with Gasteiger partial charge < -0.3 is 10.1 Å². The Morgan fingerprint density at radius 2 is 1.69 bits per heavy atom. The van der Waals surface area contributed by atoms with Crippen molar-refractivity contribution in [2.75, 3.05) is 24.2 Å². The molecule has 158 valence electrons. The van der Waals surface area contributed by atoms with Gasteiger partial charge in [0.1, 0.15) is 12.3 Å². The van der Waals surface area contributed by atoms with Gasteiger partial charge in [0.2, 0.25) is 15.9 Å². The molecule has 2 rings (SSSR count). The summed E-state index contributed by atoms with van der Waals surface area (Å²) in [6.07, 6.45) is 1.08. The number of hydrogen-bond acceptors (Lipinski definition) is 4. The fourth-order valence-electron chi connectivity index (χ4n) is 3.32. The van der Waals surface area contributed by atoms with E-state index in [1.54, 1.807) is 12.1 Å². The standard InChI is InChI=1S/C22H30N2O4S/c1-14-8-9-21(28-6)20(10-14)24(29(7,26)27)13-22(25)23-18(5)19-12-16(3)15(2)11-17(19)4/h8-12,18H,13H2,1-7H3,(H,23,25). The second-order valence-corrected chi connectivity index (χ2v) is 9.43. The summed E-state index contributed by atoms with van der Waals surface area (Å²) in [5.74, 6) is 0.0102. The molecule has 0 saturated carbocycles. The molecule has 1 atom stereocenters. The van der Waals surface area contributed by atoms with Crippen LogP contribution in [0.25, 0.3) is 0 Å². The number of carbonyl (C=O) groups excluding carboxylic acids is 1. The van der Waals surface area contributed by atoms with Crippen molar-refractivity contribution < 1.29 is 17.9 Å². The first-order chi connectivity index (χ1) is 13.4. The number of anilines is 1. The zero-order valence-corrected chi connectivity index (χ0v) is 19.0. The summed E-state index contributed by atoms with van der Waals surface area (Å²) in [5, 5.41) is 2.92. The lowest BCUT2D eigenvalue weighted by atomic mass is 9.96. The molecule has 0 aliphatic carbocycles. The van der Waals surface area contributed by atoms with Crippen LogP contribution < -0.4 is 14.4 Å². The Balaban J connectivity index is 2.28. The Morgan fingerprint density at radius 1 is 1.07 bits per heavy atom. The quantitative estimate of drug-likeness (QED) is 0.746. The van der Waals surface area contributed by atoms with Crippen molar-refractivity contribution in [3.05, 3.63) is 58.1 Å². The minimum Gasteiger partial charge on any atom is -0.495 e. The van der Waals surface area contributed by atoms with Crippen LogP contribution in [-0.4, -0.2) is 34.2 Å². The minimum atomic E-state index is -3.69. The van der Waals surface area contributed by atoms with Crippen LogP contribution in [0.4, 0.5) is 5.69 Å². The highest BCUT2D eigenvalue weighted by atomic mass is 32.2. The fourth-order valence-corrected chi connectivity index (χ4v) is 4.17. The van der Waals surface area contributed by atoms with Crippen LogP contribution in [0.3, 0.4) is 0 Å². The van der Waals surface area contributed by atoms with Gasteiger partial charge in [0.25, 0.3) is 0 Å². The van der Waals surface area contributed by atoms with Crippen molar-refractivity contribution in [2.45, 2.75) is 40.7 Å². The first-order valence-corrected chi connectivity index (χ1v) is 11.3. The third kappa shape index (κ3) is 5.50. The maximum absolute atomic E-state index is 12.7. The molecule has 6 nitrogen and oxygen atoms in total. The zero-order chi connectivity index (χ0) is 21.9. The average Bonchev–Trinajstić information content (AvgIpc) is 2.61. The molecule has 1 amide bonds. The van der Waals surface area contributed by atoms with Crippen LogP contribution in [0.2, 0.25) is 0 Å². The van der Waals surface area contributed by atoms with Crippen LogP contribution in [0.1, 0.15) is 40.8 Å². The van der Waals surface area contributed by atoms with Gasteiger partial charge in [-0.25, -0.2) is 8.42 Å². The van der Waals surface area contributed by atoms with E-state index in [0.29, 0.717) is 11.4 Å². The first kappa shape index (κ1) is 22.7. The van der Waals surface area contributed by atoms with Gasteiger partial charge in [-0.3, -0.25) is 9.10 Å². The maximum Gasteiger partial charge on any atom is 0.241 e. The van der Waals surface area contributed by atoms with E-state index in [4.69, 9.17) is 4.74 Å². The molecule has 2 aromatic rings. The fraction of sp³-hybridized carbons (Fsp3) is 0.409. The third-order valence-corrected chi connectivity index (χ3v) is 6.14. The Kier molecular flexibility index (Phi) is 6.95. The molecular weight excluding hydrogens is 388 g/mol. The van der Waals surface area contributed by atoms with Gasteiger partial charge in [-0.05, 0) is 74.6 Å². The van der Waals surface area contributed by atoms with Crippen molar-refractivity contribution in [3.63, 3.8) is 0 Å². The van der Waals surface area contributed by atoms with Crippen molar-refractivity contribution >= 4 is 21.6 Å². The number of nitrogens with one attached hydrogen (secondary N) is 1. The molecule has 0 spiro atoms. The number of carbonyl (C=O) groups is 1. The molecule has 0 bridgehead atoms. The molecule has 7 heteroatoms. The smallest absolute Gasteiger partial charge is 0.241 e. The van der Waals surface area contributed by atoms with Gasteiger partial charge >= 0.3 is 0 Å². The lowest BCUT2D eigenvalue weighted by Gasteiger charge is -2.25. The normalized spacial score (nSPS) is 12.4. The summed E-state index contributed by atoms with van der Waals surface area (Å²) in [6.45, 7) is 9.51. The summed E-state index contributed by atoms with van der Waals surface area (Å²) >= 11 is 0. The van der Waals surface area contributed by atoms with Crippen LogP contribution in [-0.2, 0) is 14.8 Å². The van der Waals surface area contributed by atoms with E-state index in [-0.39, 0.29) is 18.5 Å². The molecule has 2 aromatic carbocycles. The molecule has 0 aliphatic rings. The van der Waals surface area contributed by atoms with E-state index in [1.165, 1.54) is 12.7 Å². The topological polar surface area (TPSA) is 75.7 Å². The Bertz CT molecular complexity index is 1020. The molecule has 1 N–H and O–H groups in total. The minimum absolute atomic E-state index is 0.248. The van der Waals surface area contributed by atoms with E-state index in [0.717, 1.165) is 32.8 Å². The Hall–Kier alpha value is -2.54. The van der Waals surface area contributed by atoms with Gasteiger partial charge in [0.05, 0.1) is 25.1 Å². The molecule has 0 aromatic heterocycles. The van der Waals surface area contributed by atoms with Crippen LogP contribution in [0, 0.1) is 27.7 Å². The summed E-state index contributed by atoms with van der Waals surface area (Å²) in [5.41, 5.74) is 5.66. The first-order valence-electron chi connectivity index (χ1n) is 9.43.